The summed E-state index contributed by atoms with van der Waals surface area (Å²) >= 11 is 2.78. The first kappa shape index (κ1) is 17.7. The van der Waals surface area contributed by atoms with Crippen molar-refractivity contribution in [3.05, 3.63) is 50.6 Å². The van der Waals surface area contributed by atoms with E-state index in [9.17, 15) is 9.59 Å². The zero-order chi connectivity index (χ0) is 18.1. The van der Waals surface area contributed by atoms with Gasteiger partial charge in [-0.25, -0.2) is 4.98 Å². The molecule has 130 valence electrons. The molecule has 3 aromatic rings. The van der Waals surface area contributed by atoms with E-state index in [0.717, 1.165) is 26.5 Å². The molecule has 1 aromatic carbocycles. The summed E-state index contributed by atoms with van der Waals surface area (Å²) in [5.74, 6) is 0.0740. The van der Waals surface area contributed by atoms with Crippen molar-refractivity contribution in [3.63, 3.8) is 0 Å². The first-order valence-electron chi connectivity index (χ1n) is 7.83. The molecule has 0 saturated heterocycles. The van der Waals surface area contributed by atoms with Crippen molar-refractivity contribution in [1.29, 1.82) is 0 Å². The van der Waals surface area contributed by atoms with Crippen LogP contribution in [0.25, 0.3) is 10.2 Å². The molecule has 0 bridgehead atoms. The second-order valence-corrected chi connectivity index (χ2v) is 8.07. The van der Waals surface area contributed by atoms with Gasteiger partial charge < -0.3 is 5.32 Å². The topological polar surface area (TPSA) is 64.0 Å². The summed E-state index contributed by atoms with van der Waals surface area (Å²) in [7, 11) is 1.70. The van der Waals surface area contributed by atoms with Crippen LogP contribution in [0.2, 0.25) is 0 Å². The molecule has 2 aromatic heterocycles. The van der Waals surface area contributed by atoms with Gasteiger partial charge >= 0.3 is 0 Å². The number of carbonyl (C=O) groups is 1. The standard InChI is InChI=1S/C18H19N3O2S2/c1-10-5-7-13(8-6-10)19-14(22)9-24-18-20-16-15(17(23)21(18)4)11(2)12(3)25-16/h5-8H,9H2,1-4H3,(H,19,22). The van der Waals surface area contributed by atoms with Crippen LogP contribution in [0.5, 0.6) is 0 Å². The van der Waals surface area contributed by atoms with Crippen molar-refractivity contribution < 1.29 is 4.79 Å². The van der Waals surface area contributed by atoms with Gasteiger partial charge in [0.25, 0.3) is 5.56 Å². The Kier molecular flexibility index (Phi) is 4.96. The lowest BCUT2D eigenvalue weighted by Gasteiger charge is -2.08. The molecule has 0 saturated carbocycles. The van der Waals surface area contributed by atoms with Crippen LogP contribution in [-0.2, 0) is 11.8 Å². The Hall–Kier alpha value is -2.12. The number of amides is 1. The number of aryl methyl sites for hydroxylation is 3. The highest BCUT2D eigenvalue weighted by atomic mass is 32.2. The van der Waals surface area contributed by atoms with E-state index in [2.05, 4.69) is 10.3 Å². The van der Waals surface area contributed by atoms with Gasteiger partial charge in [0.2, 0.25) is 5.91 Å². The minimum atomic E-state index is -0.123. The molecule has 0 aliphatic heterocycles. The van der Waals surface area contributed by atoms with Gasteiger partial charge in [-0.05, 0) is 38.5 Å². The normalized spacial score (nSPS) is 11.0. The highest BCUT2D eigenvalue weighted by Gasteiger charge is 2.15. The molecule has 0 aliphatic rings. The number of thiophene rings is 1. The highest BCUT2D eigenvalue weighted by Crippen LogP contribution is 2.28. The van der Waals surface area contributed by atoms with Crippen LogP contribution in [0.1, 0.15) is 16.0 Å². The van der Waals surface area contributed by atoms with Crippen molar-refractivity contribution in [2.24, 2.45) is 7.05 Å². The number of fused-ring (bicyclic) bond motifs is 1. The van der Waals surface area contributed by atoms with Crippen LogP contribution in [0.3, 0.4) is 0 Å². The fourth-order valence-corrected chi connectivity index (χ4v) is 4.29. The molecule has 1 amide bonds. The predicted octanol–water partition coefficient (Wildman–Crippen LogP) is 3.65. The number of nitrogens with zero attached hydrogens (tertiary/aromatic N) is 2. The summed E-state index contributed by atoms with van der Waals surface area (Å²) < 4.78 is 1.52. The third kappa shape index (κ3) is 3.62. The lowest BCUT2D eigenvalue weighted by molar-refractivity contribution is -0.113. The SMILES string of the molecule is Cc1ccc(NC(=O)CSc2nc3sc(C)c(C)c3c(=O)n2C)cc1. The van der Waals surface area contributed by atoms with E-state index in [-0.39, 0.29) is 17.2 Å². The van der Waals surface area contributed by atoms with Gasteiger partial charge in [0.15, 0.2) is 5.16 Å². The van der Waals surface area contributed by atoms with E-state index in [1.54, 1.807) is 7.05 Å². The van der Waals surface area contributed by atoms with Crippen LogP contribution in [-0.4, -0.2) is 21.2 Å². The molecule has 5 nitrogen and oxygen atoms in total. The third-order valence-corrected chi connectivity index (χ3v) is 6.17. The number of hydrogen-bond donors (Lipinski definition) is 1. The molecule has 0 unspecified atom stereocenters. The van der Waals surface area contributed by atoms with E-state index >= 15 is 0 Å². The maximum Gasteiger partial charge on any atom is 0.262 e. The molecule has 0 aliphatic carbocycles. The van der Waals surface area contributed by atoms with Crippen molar-refractivity contribution in [2.45, 2.75) is 25.9 Å². The molecule has 0 atom stereocenters. The second-order valence-electron chi connectivity index (χ2n) is 5.92. The maximum atomic E-state index is 12.6. The molecule has 0 fully saturated rings. The summed E-state index contributed by atoms with van der Waals surface area (Å²) in [6.45, 7) is 5.93. The Labute approximate surface area is 154 Å². The van der Waals surface area contributed by atoms with Gasteiger partial charge in [-0.1, -0.05) is 29.5 Å². The molecule has 0 radical (unpaired) electrons. The van der Waals surface area contributed by atoms with Gasteiger partial charge in [-0.2, -0.15) is 0 Å². The predicted molar refractivity (Wildman–Crippen MR) is 105 cm³/mol. The number of hydrogen-bond acceptors (Lipinski definition) is 5. The average molecular weight is 374 g/mol. The molecule has 1 N–H and O–H groups in total. The van der Waals surface area contributed by atoms with Gasteiger partial charge in [0, 0.05) is 17.6 Å². The Morgan fingerprint density at radius 1 is 1.24 bits per heavy atom. The minimum Gasteiger partial charge on any atom is -0.325 e. The Balaban J connectivity index is 1.77. The summed E-state index contributed by atoms with van der Waals surface area (Å²) in [5, 5.41) is 4.08. The molecular weight excluding hydrogens is 354 g/mol. The molecule has 3 rings (SSSR count). The highest BCUT2D eigenvalue weighted by molar-refractivity contribution is 7.99. The van der Waals surface area contributed by atoms with Crippen LogP contribution >= 0.6 is 23.1 Å². The Morgan fingerprint density at radius 2 is 1.92 bits per heavy atom. The van der Waals surface area contributed by atoms with E-state index in [1.165, 1.54) is 27.7 Å². The average Bonchev–Trinajstić information content (AvgIpc) is 2.86. The zero-order valence-corrected chi connectivity index (χ0v) is 16.2. The van der Waals surface area contributed by atoms with Gasteiger partial charge in [0.1, 0.15) is 4.83 Å². The minimum absolute atomic E-state index is 0.0618. The lowest BCUT2D eigenvalue weighted by atomic mass is 10.2. The molecule has 25 heavy (non-hydrogen) atoms. The number of carbonyl (C=O) groups excluding carboxylic acids is 1. The number of rotatable bonds is 4. The first-order chi connectivity index (χ1) is 11.9. The summed E-state index contributed by atoms with van der Waals surface area (Å²) in [5.41, 5.74) is 2.83. The van der Waals surface area contributed by atoms with E-state index in [0.29, 0.717) is 10.5 Å². The van der Waals surface area contributed by atoms with Gasteiger partial charge in [-0.3, -0.25) is 14.2 Å². The van der Waals surface area contributed by atoms with Crippen LogP contribution < -0.4 is 10.9 Å². The zero-order valence-electron chi connectivity index (χ0n) is 14.5. The molecule has 0 spiro atoms. The number of anilines is 1. The Bertz CT molecular complexity index is 1000. The largest absolute Gasteiger partial charge is 0.325 e. The fraction of sp³-hybridized carbons (Fsp3) is 0.278. The van der Waals surface area contributed by atoms with E-state index in [1.807, 2.05) is 45.0 Å². The smallest absolute Gasteiger partial charge is 0.262 e. The van der Waals surface area contributed by atoms with Crippen LogP contribution in [0.15, 0.2) is 34.2 Å². The second kappa shape index (κ2) is 7.01. The monoisotopic (exact) mass is 373 g/mol. The molecule has 2 heterocycles. The van der Waals surface area contributed by atoms with Gasteiger partial charge in [0.05, 0.1) is 11.1 Å². The maximum absolute atomic E-state index is 12.6. The van der Waals surface area contributed by atoms with Crippen molar-refractivity contribution in [2.75, 3.05) is 11.1 Å². The third-order valence-electron chi connectivity index (χ3n) is 4.04. The van der Waals surface area contributed by atoms with E-state index < -0.39 is 0 Å². The quantitative estimate of drug-likeness (QED) is 0.560. The molecule has 7 heteroatoms. The summed E-state index contributed by atoms with van der Waals surface area (Å²) in [6, 6.07) is 7.64. The molecular formula is C18H19N3O2S2. The van der Waals surface area contributed by atoms with Crippen molar-refractivity contribution in [3.8, 4) is 0 Å². The van der Waals surface area contributed by atoms with Crippen LogP contribution in [0.4, 0.5) is 5.69 Å². The van der Waals surface area contributed by atoms with Crippen LogP contribution in [0, 0.1) is 20.8 Å². The lowest BCUT2D eigenvalue weighted by Crippen LogP contribution is -2.21. The van der Waals surface area contributed by atoms with Gasteiger partial charge in [-0.15, -0.1) is 11.3 Å². The number of aromatic nitrogens is 2. The summed E-state index contributed by atoms with van der Waals surface area (Å²) in [6.07, 6.45) is 0. The van der Waals surface area contributed by atoms with Crippen molar-refractivity contribution >= 4 is 44.9 Å². The van der Waals surface area contributed by atoms with Crippen molar-refractivity contribution in [1.82, 2.24) is 9.55 Å². The Morgan fingerprint density at radius 3 is 2.60 bits per heavy atom. The number of nitrogens with one attached hydrogen (secondary N) is 1. The van der Waals surface area contributed by atoms with E-state index in [4.69, 9.17) is 0 Å². The number of benzene rings is 1. The first-order valence-corrected chi connectivity index (χ1v) is 9.63. The number of thioether (sulfide) groups is 1. The summed E-state index contributed by atoms with van der Waals surface area (Å²) in [4.78, 5) is 31.1. The fourth-order valence-electron chi connectivity index (χ4n) is 2.45.